The van der Waals surface area contributed by atoms with E-state index in [0.29, 0.717) is 5.82 Å². The summed E-state index contributed by atoms with van der Waals surface area (Å²) in [5, 5.41) is 1.24. The first kappa shape index (κ1) is 10.4. The van der Waals surface area contributed by atoms with Crippen LogP contribution >= 0.6 is 11.5 Å². The molecule has 1 aromatic heterocycles. The maximum atomic E-state index is 5.67. The van der Waals surface area contributed by atoms with Gasteiger partial charge in [-0.05, 0) is 43.9 Å². The molecule has 2 saturated heterocycles. The van der Waals surface area contributed by atoms with Gasteiger partial charge >= 0.3 is 0 Å². The van der Waals surface area contributed by atoms with Gasteiger partial charge in [0.1, 0.15) is 10.8 Å². The van der Waals surface area contributed by atoms with Crippen molar-refractivity contribution in [2.75, 3.05) is 36.8 Å². The average molecular weight is 238 g/mol. The number of anilines is 2. The van der Waals surface area contributed by atoms with Crippen LogP contribution in [0.5, 0.6) is 0 Å². The topological polar surface area (TPSA) is 45.4 Å². The highest BCUT2D eigenvalue weighted by molar-refractivity contribution is 7.10. The summed E-state index contributed by atoms with van der Waals surface area (Å²) >= 11 is 1.52. The van der Waals surface area contributed by atoms with Crippen LogP contribution < -0.4 is 10.6 Å². The normalized spacial score (nSPS) is 26.8. The second kappa shape index (κ2) is 4.22. The molecule has 1 unspecified atom stereocenters. The molecule has 0 saturated carbocycles. The zero-order valence-electron chi connectivity index (χ0n) is 9.43. The molecule has 88 valence electrons. The van der Waals surface area contributed by atoms with Gasteiger partial charge in [0.25, 0.3) is 0 Å². The van der Waals surface area contributed by atoms with Gasteiger partial charge in [0, 0.05) is 25.2 Å². The summed E-state index contributed by atoms with van der Waals surface area (Å²) in [7, 11) is 0. The van der Waals surface area contributed by atoms with Crippen LogP contribution in [0.3, 0.4) is 0 Å². The fourth-order valence-electron chi connectivity index (χ4n) is 2.77. The highest BCUT2D eigenvalue weighted by Gasteiger charge is 2.29. The third kappa shape index (κ3) is 1.89. The molecule has 0 aromatic carbocycles. The zero-order chi connectivity index (χ0) is 11.0. The first-order chi connectivity index (χ1) is 7.83. The van der Waals surface area contributed by atoms with Crippen molar-refractivity contribution < 1.29 is 0 Å². The Bertz CT molecular complexity index is 359. The summed E-state index contributed by atoms with van der Waals surface area (Å²) in [5.74, 6) is 0.657. The van der Waals surface area contributed by atoms with Gasteiger partial charge in [0.15, 0.2) is 0 Å². The van der Waals surface area contributed by atoms with Gasteiger partial charge in [-0.1, -0.05) is 0 Å². The number of rotatable bonds is 2. The minimum Gasteiger partial charge on any atom is -0.383 e. The van der Waals surface area contributed by atoms with E-state index in [1.807, 2.05) is 6.07 Å². The standard InChI is InChI=1S/C11H18N4S/c12-10-7-11(16-13-10)15-6-3-9(8-15)14-4-1-2-5-14/h7,9H,1-6,8H2,(H2,12,13). The van der Waals surface area contributed by atoms with Crippen molar-refractivity contribution in [1.82, 2.24) is 9.27 Å². The number of nitrogens with two attached hydrogens (primary N) is 1. The predicted molar refractivity (Wildman–Crippen MR) is 68.0 cm³/mol. The van der Waals surface area contributed by atoms with Gasteiger partial charge < -0.3 is 10.6 Å². The van der Waals surface area contributed by atoms with Gasteiger partial charge in [0.05, 0.1) is 0 Å². The Hall–Kier alpha value is -0.810. The lowest BCUT2D eigenvalue weighted by Gasteiger charge is -2.23. The van der Waals surface area contributed by atoms with Crippen LogP contribution in [0.1, 0.15) is 19.3 Å². The Labute approximate surface area is 100 Å². The summed E-state index contributed by atoms with van der Waals surface area (Å²) in [6.07, 6.45) is 4.05. The van der Waals surface area contributed by atoms with Gasteiger partial charge in [-0.2, -0.15) is 4.37 Å². The largest absolute Gasteiger partial charge is 0.383 e. The van der Waals surface area contributed by atoms with Gasteiger partial charge in [-0.25, -0.2) is 0 Å². The van der Waals surface area contributed by atoms with Gasteiger partial charge in [0.2, 0.25) is 0 Å². The lowest BCUT2D eigenvalue weighted by molar-refractivity contribution is 0.260. The second-order valence-electron chi connectivity index (χ2n) is 4.72. The molecule has 16 heavy (non-hydrogen) atoms. The SMILES string of the molecule is Nc1cc(N2CCC(N3CCCC3)C2)sn1. The summed E-state index contributed by atoms with van der Waals surface area (Å²) in [5.41, 5.74) is 5.67. The fourth-order valence-corrected chi connectivity index (χ4v) is 3.48. The molecule has 2 fully saturated rings. The van der Waals surface area contributed by atoms with Crippen LogP contribution in [0.25, 0.3) is 0 Å². The zero-order valence-corrected chi connectivity index (χ0v) is 10.2. The third-order valence-electron chi connectivity index (χ3n) is 3.65. The van der Waals surface area contributed by atoms with E-state index in [2.05, 4.69) is 14.2 Å². The molecular formula is C11H18N4S. The molecule has 0 spiro atoms. The predicted octanol–water partition coefficient (Wildman–Crippen LogP) is 1.40. The van der Waals surface area contributed by atoms with Gasteiger partial charge in [-0.3, -0.25) is 4.90 Å². The molecule has 1 aromatic rings. The maximum Gasteiger partial charge on any atom is 0.139 e. The molecular weight excluding hydrogens is 220 g/mol. The van der Waals surface area contributed by atoms with Crippen LogP contribution in [-0.4, -0.2) is 41.5 Å². The third-order valence-corrected chi connectivity index (χ3v) is 4.51. The maximum absolute atomic E-state index is 5.67. The molecule has 2 aliphatic heterocycles. The molecule has 0 bridgehead atoms. The summed E-state index contributed by atoms with van der Waals surface area (Å²) in [6.45, 7) is 4.90. The number of likely N-dealkylation sites (tertiary alicyclic amines) is 1. The van der Waals surface area contributed by atoms with E-state index < -0.39 is 0 Å². The van der Waals surface area contributed by atoms with E-state index in [9.17, 15) is 0 Å². The number of hydrogen-bond donors (Lipinski definition) is 1. The van der Waals surface area contributed by atoms with Crippen LogP contribution in [-0.2, 0) is 0 Å². The van der Waals surface area contributed by atoms with E-state index >= 15 is 0 Å². The lowest BCUT2D eigenvalue weighted by Crippen LogP contribution is -2.35. The van der Waals surface area contributed by atoms with Crippen molar-refractivity contribution >= 4 is 22.4 Å². The minimum absolute atomic E-state index is 0.657. The smallest absolute Gasteiger partial charge is 0.139 e. The molecule has 0 aliphatic carbocycles. The number of nitrogen functional groups attached to an aromatic ring is 1. The van der Waals surface area contributed by atoms with E-state index in [-0.39, 0.29) is 0 Å². The van der Waals surface area contributed by atoms with Crippen LogP contribution in [0.4, 0.5) is 10.8 Å². The molecule has 2 N–H and O–H groups in total. The minimum atomic E-state index is 0.657. The quantitative estimate of drug-likeness (QED) is 0.846. The Morgan fingerprint density at radius 2 is 2.12 bits per heavy atom. The highest BCUT2D eigenvalue weighted by Crippen LogP contribution is 2.29. The van der Waals surface area contributed by atoms with Crippen molar-refractivity contribution in [3.63, 3.8) is 0 Å². The van der Waals surface area contributed by atoms with Gasteiger partial charge in [-0.15, -0.1) is 0 Å². The molecule has 0 amide bonds. The summed E-state index contributed by atoms with van der Waals surface area (Å²) in [4.78, 5) is 5.07. The highest BCUT2D eigenvalue weighted by atomic mass is 32.1. The first-order valence-electron chi connectivity index (χ1n) is 6.04. The number of hydrogen-bond acceptors (Lipinski definition) is 5. The van der Waals surface area contributed by atoms with E-state index in [0.717, 1.165) is 19.1 Å². The Morgan fingerprint density at radius 1 is 1.31 bits per heavy atom. The lowest BCUT2D eigenvalue weighted by atomic mass is 10.2. The monoisotopic (exact) mass is 238 g/mol. The Balaban J connectivity index is 1.64. The average Bonchev–Trinajstić information content (AvgIpc) is 2.97. The summed E-state index contributed by atoms with van der Waals surface area (Å²) in [6, 6.07) is 2.75. The van der Waals surface area contributed by atoms with Crippen molar-refractivity contribution in [2.45, 2.75) is 25.3 Å². The Kier molecular flexibility index (Phi) is 2.73. The Morgan fingerprint density at radius 3 is 2.81 bits per heavy atom. The van der Waals surface area contributed by atoms with E-state index in [1.165, 1.54) is 48.9 Å². The molecule has 2 aliphatic rings. The van der Waals surface area contributed by atoms with Crippen LogP contribution in [0, 0.1) is 0 Å². The van der Waals surface area contributed by atoms with Crippen molar-refractivity contribution in [3.8, 4) is 0 Å². The van der Waals surface area contributed by atoms with Crippen LogP contribution in [0.15, 0.2) is 6.07 Å². The number of nitrogens with zero attached hydrogens (tertiary/aromatic N) is 3. The molecule has 3 heterocycles. The van der Waals surface area contributed by atoms with Crippen molar-refractivity contribution in [2.24, 2.45) is 0 Å². The number of aromatic nitrogens is 1. The molecule has 1 atom stereocenters. The molecule has 0 radical (unpaired) electrons. The van der Waals surface area contributed by atoms with E-state index in [1.54, 1.807) is 0 Å². The first-order valence-corrected chi connectivity index (χ1v) is 6.81. The second-order valence-corrected chi connectivity index (χ2v) is 5.51. The van der Waals surface area contributed by atoms with Crippen molar-refractivity contribution in [3.05, 3.63) is 6.07 Å². The molecule has 3 rings (SSSR count). The molecule has 5 heteroatoms. The van der Waals surface area contributed by atoms with E-state index in [4.69, 9.17) is 5.73 Å². The molecule has 4 nitrogen and oxygen atoms in total. The van der Waals surface area contributed by atoms with Crippen molar-refractivity contribution in [1.29, 1.82) is 0 Å². The fraction of sp³-hybridized carbons (Fsp3) is 0.727. The summed E-state index contributed by atoms with van der Waals surface area (Å²) < 4.78 is 4.15. The van der Waals surface area contributed by atoms with Crippen LogP contribution in [0.2, 0.25) is 0 Å².